The number of nitrogens with one attached hydrogen (secondary N) is 1. The summed E-state index contributed by atoms with van der Waals surface area (Å²) in [4.78, 5) is 16.5. The van der Waals surface area contributed by atoms with Gasteiger partial charge in [-0.1, -0.05) is 31.2 Å². The molecule has 0 saturated heterocycles. The lowest BCUT2D eigenvalue weighted by molar-refractivity contribution is -0.122. The molecule has 0 radical (unpaired) electrons. The lowest BCUT2D eigenvalue weighted by Gasteiger charge is -2.24. The number of pyridine rings is 1. The minimum atomic E-state index is -0.158. The molecule has 1 heterocycles. The number of para-hydroxylation sites is 1. The average molecular weight is 256 g/mol. The molecule has 0 aliphatic rings. The van der Waals surface area contributed by atoms with Crippen molar-refractivity contribution < 1.29 is 4.79 Å². The summed E-state index contributed by atoms with van der Waals surface area (Å²) in [5.74, 6) is 0.0463. The van der Waals surface area contributed by atoms with Gasteiger partial charge in [0.2, 0.25) is 5.91 Å². The van der Waals surface area contributed by atoms with E-state index in [1.807, 2.05) is 44.2 Å². The largest absolute Gasteiger partial charge is 0.351 e. The second kappa shape index (κ2) is 5.39. The molecule has 0 fully saturated rings. The minimum absolute atomic E-state index is 0.0463. The fourth-order valence-corrected chi connectivity index (χ4v) is 1.99. The predicted molar refractivity (Wildman–Crippen MR) is 78.0 cm³/mol. The van der Waals surface area contributed by atoms with E-state index in [0.29, 0.717) is 6.42 Å². The van der Waals surface area contributed by atoms with Crippen molar-refractivity contribution in [1.29, 1.82) is 0 Å². The highest BCUT2D eigenvalue weighted by atomic mass is 16.1. The molecule has 0 aliphatic carbocycles. The molecule has 0 aliphatic heterocycles. The van der Waals surface area contributed by atoms with Crippen LogP contribution in [0.1, 0.15) is 32.8 Å². The summed E-state index contributed by atoms with van der Waals surface area (Å²) in [5.41, 5.74) is 1.73. The Morgan fingerprint density at radius 2 is 2.00 bits per heavy atom. The number of fused-ring (bicyclic) bond motifs is 1. The Balaban J connectivity index is 2.20. The third-order valence-corrected chi connectivity index (χ3v) is 3.43. The number of benzene rings is 1. The minimum Gasteiger partial charge on any atom is -0.351 e. The Hall–Kier alpha value is -1.90. The average Bonchev–Trinajstić information content (AvgIpc) is 2.38. The van der Waals surface area contributed by atoms with Crippen molar-refractivity contribution in [3.63, 3.8) is 0 Å². The molecule has 2 rings (SSSR count). The molecular weight excluding hydrogens is 236 g/mol. The third kappa shape index (κ3) is 3.31. The van der Waals surface area contributed by atoms with Gasteiger partial charge in [-0.3, -0.25) is 9.78 Å². The summed E-state index contributed by atoms with van der Waals surface area (Å²) < 4.78 is 0. The quantitative estimate of drug-likeness (QED) is 0.913. The van der Waals surface area contributed by atoms with Gasteiger partial charge in [-0.15, -0.1) is 0 Å². The lowest BCUT2D eigenvalue weighted by atomic mass is 10.0. The maximum absolute atomic E-state index is 12.1. The number of carbonyl (C=O) groups excluding carboxylic acids is 1. The number of rotatable bonds is 4. The van der Waals surface area contributed by atoms with E-state index in [0.717, 1.165) is 22.9 Å². The first-order chi connectivity index (χ1) is 9.02. The highest BCUT2D eigenvalue weighted by molar-refractivity contribution is 5.87. The van der Waals surface area contributed by atoms with Gasteiger partial charge in [-0.2, -0.15) is 0 Å². The van der Waals surface area contributed by atoms with Crippen molar-refractivity contribution in [1.82, 2.24) is 10.3 Å². The van der Waals surface area contributed by atoms with Crippen LogP contribution in [-0.4, -0.2) is 16.4 Å². The number of aromatic nitrogens is 1. The molecule has 1 aromatic heterocycles. The van der Waals surface area contributed by atoms with E-state index in [2.05, 4.69) is 17.2 Å². The van der Waals surface area contributed by atoms with Gasteiger partial charge in [0.25, 0.3) is 0 Å². The zero-order valence-electron chi connectivity index (χ0n) is 11.7. The number of carbonyl (C=O) groups is 1. The van der Waals surface area contributed by atoms with Gasteiger partial charge in [-0.25, -0.2) is 0 Å². The Labute approximate surface area is 114 Å². The van der Waals surface area contributed by atoms with Gasteiger partial charge < -0.3 is 5.32 Å². The first-order valence-electron chi connectivity index (χ1n) is 6.65. The molecule has 0 unspecified atom stereocenters. The standard InChI is InChI=1S/C16H20N2O/c1-4-16(2,3)18-14(19)11-13-8-5-7-12-9-6-10-17-15(12)13/h5-10H,4,11H2,1-3H3,(H,18,19). The molecule has 19 heavy (non-hydrogen) atoms. The molecular formula is C16H20N2O. The van der Waals surface area contributed by atoms with Crippen molar-refractivity contribution in [3.05, 3.63) is 42.1 Å². The van der Waals surface area contributed by atoms with Crippen LogP contribution in [-0.2, 0) is 11.2 Å². The maximum atomic E-state index is 12.1. The van der Waals surface area contributed by atoms with E-state index >= 15 is 0 Å². The van der Waals surface area contributed by atoms with Crippen LogP contribution in [0.3, 0.4) is 0 Å². The summed E-state index contributed by atoms with van der Waals surface area (Å²) >= 11 is 0. The van der Waals surface area contributed by atoms with E-state index in [1.54, 1.807) is 6.20 Å². The van der Waals surface area contributed by atoms with Crippen molar-refractivity contribution in [2.24, 2.45) is 0 Å². The molecule has 0 bridgehead atoms. The summed E-state index contributed by atoms with van der Waals surface area (Å²) in [6.45, 7) is 6.14. The van der Waals surface area contributed by atoms with E-state index in [-0.39, 0.29) is 11.4 Å². The van der Waals surface area contributed by atoms with Crippen LogP contribution in [0.5, 0.6) is 0 Å². The molecule has 1 amide bonds. The van der Waals surface area contributed by atoms with Gasteiger partial charge in [0, 0.05) is 17.1 Å². The van der Waals surface area contributed by atoms with Crippen molar-refractivity contribution in [2.75, 3.05) is 0 Å². The van der Waals surface area contributed by atoms with Crippen molar-refractivity contribution in [3.8, 4) is 0 Å². The predicted octanol–water partition coefficient (Wildman–Crippen LogP) is 3.08. The van der Waals surface area contributed by atoms with Gasteiger partial charge in [0.15, 0.2) is 0 Å². The van der Waals surface area contributed by atoms with Gasteiger partial charge >= 0.3 is 0 Å². The van der Waals surface area contributed by atoms with Crippen LogP contribution in [0, 0.1) is 0 Å². The van der Waals surface area contributed by atoms with E-state index in [1.165, 1.54) is 0 Å². The first kappa shape index (κ1) is 13.5. The molecule has 1 aromatic carbocycles. The van der Waals surface area contributed by atoms with Crippen LogP contribution >= 0.6 is 0 Å². The normalized spacial score (nSPS) is 11.5. The monoisotopic (exact) mass is 256 g/mol. The number of nitrogens with zero attached hydrogens (tertiary/aromatic N) is 1. The summed E-state index contributed by atoms with van der Waals surface area (Å²) in [5, 5.41) is 4.12. The van der Waals surface area contributed by atoms with Gasteiger partial charge in [-0.05, 0) is 31.9 Å². The Morgan fingerprint density at radius 1 is 1.26 bits per heavy atom. The molecule has 1 N–H and O–H groups in total. The fraction of sp³-hybridized carbons (Fsp3) is 0.375. The van der Waals surface area contributed by atoms with E-state index in [9.17, 15) is 4.79 Å². The molecule has 100 valence electrons. The van der Waals surface area contributed by atoms with Crippen LogP contribution < -0.4 is 5.32 Å². The third-order valence-electron chi connectivity index (χ3n) is 3.43. The molecule has 3 nitrogen and oxygen atoms in total. The Morgan fingerprint density at radius 3 is 2.74 bits per heavy atom. The molecule has 0 atom stereocenters. The summed E-state index contributed by atoms with van der Waals surface area (Å²) in [6, 6.07) is 9.87. The fourth-order valence-electron chi connectivity index (χ4n) is 1.99. The lowest BCUT2D eigenvalue weighted by Crippen LogP contribution is -2.43. The van der Waals surface area contributed by atoms with E-state index < -0.39 is 0 Å². The zero-order valence-corrected chi connectivity index (χ0v) is 11.7. The van der Waals surface area contributed by atoms with Gasteiger partial charge in [0.1, 0.15) is 0 Å². The molecule has 0 saturated carbocycles. The topological polar surface area (TPSA) is 42.0 Å². The Bertz CT molecular complexity index is 585. The van der Waals surface area contributed by atoms with Gasteiger partial charge in [0.05, 0.1) is 11.9 Å². The Kier molecular flexibility index (Phi) is 3.84. The highest BCUT2D eigenvalue weighted by Gasteiger charge is 2.18. The number of hydrogen-bond donors (Lipinski definition) is 1. The van der Waals surface area contributed by atoms with Crippen LogP contribution in [0.4, 0.5) is 0 Å². The van der Waals surface area contributed by atoms with Crippen LogP contribution in [0.25, 0.3) is 10.9 Å². The SMILES string of the molecule is CCC(C)(C)NC(=O)Cc1cccc2cccnc12. The summed E-state index contributed by atoms with van der Waals surface area (Å²) in [7, 11) is 0. The van der Waals surface area contributed by atoms with E-state index in [4.69, 9.17) is 0 Å². The van der Waals surface area contributed by atoms with Crippen molar-refractivity contribution in [2.45, 2.75) is 39.2 Å². The maximum Gasteiger partial charge on any atom is 0.224 e. The van der Waals surface area contributed by atoms with Crippen LogP contribution in [0.2, 0.25) is 0 Å². The van der Waals surface area contributed by atoms with Crippen molar-refractivity contribution >= 4 is 16.8 Å². The zero-order chi connectivity index (χ0) is 13.9. The second-order valence-electron chi connectivity index (χ2n) is 5.45. The molecule has 3 heteroatoms. The molecule has 0 spiro atoms. The first-order valence-corrected chi connectivity index (χ1v) is 6.65. The van der Waals surface area contributed by atoms with Crippen LogP contribution in [0.15, 0.2) is 36.5 Å². The molecule has 2 aromatic rings. The number of amides is 1. The smallest absolute Gasteiger partial charge is 0.224 e. The second-order valence-corrected chi connectivity index (χ2v) is 5.45. The number of hydrogen-bond acceptors (Lipinski definition) is 2. The highest BCUT2D eigenvalue weighted by Crippen LogP contribution is 2.17. The summed E-state index contributed by atoms with van der Waals surface area (Å²) in [6.07, 6.45) is 3.05.